The molecule has 16 heavy (non-hydrogen) atoms. The molecule has 0 saturated heterocycles. The monoisotopic (exact) mass is 250 g/mol. The molecule has 2 aromatic rings. The third-order valence-electron chi connectivity index (χ3n) is 2.51. The fourth-order valence-electron chi connectivity index (χ4n) is 1.84. The first-order valence-electron chi connectivity index (χ1n) is 5.19. The number of fused-ring (bicyclic) bond motifs is 4. The smallest absolute Gasteiger partial charge is 0.0359 e. The van der Waals surface area contributed by atoms with Crippen molar-refractivity contribution in [3.8, 4) is 22.3 Å². The zero-order chi connectivity index (χ0) is 11.4. The first kappa shape index (κ1) is 11.5. The van der Waals surface area contributed by atoms with E-state index in [9.17, 15) is 0 Å². The lowest BCUT2D eigenvalue weighted by Gasteiger charge is -2.22. The fourth-order valence-corrected chi connectivity index (χ4v) is 1.84. The van der Waals surface area contributed by atoms with Crippen molar-refractivity contribution in [1.29, 1.82) is 0 Å². The Labute approximate surface area is 106 Å². The molecule has 0 unspecified atom stereocenters. The van der Waals surface area contributed by atoms with Gasteiger partial charge in [0.1, 0.15) is 0 Å². The lowest BCUT2D eigenvalue weighted by molar-refractivity contribution is 1.52. The van der Waals surface area contributed by atoms with E-state index in [1.807, 2.05) is 0 Å². The average molecular weight is 251 g/mol. The predicted octanol–water partition coefficient (Wildman–Crippen LogP) is 4.80. The fraction of sp³-hybridized carbons (Fsp3) is 0.143. The highest BCUT2D eigenvalue weighted by atomic mass is 35.5. The van der Waals surface area contributed by atoms with Crippen LogP contribution in [0, 0.1) is 0 Å². The van der Waals surface area contributed by atoms with Gasteiger partial charge in [-0.1, -0.05) is 48.5 Å². The number of rotatable bonds is 1. The molecule has 0 N–H and O–H groups in total. The van der Waals surface area contributed by atoms with Crippen molar-refractivity contribution in [3.05, 3.63) is 48.5 Å². The maximum absolute atomic E-state index is 5.05. The van der Waals surface area contributed by atoms with Gasteiger partial charge in [0.15, 0.2) is 0 Å². The molecule has 0 atom stereocenters. The SMILES string of the molecule is ClCCCl.c1ccc2c(c1)-c1ccccc1-2. The molecule has 0 heterocycles. The van der Waals surface area contributed by atoms with Crippen LogP contribution in [-0.4, -0.2) is 11.8 Å². The van der Waals surface area contributed by atoms with E-state index in [-0.39, 0.29) is 0 Å². The van der Waals surface area contributed by atoms with E-state index in [1.54, 1.807) is 0 Å². The van der Waals surface area contributed by atoms with Crippen LogP contribution in [-0.2, 0) is 0 Å². The van der Waals surface area contributed by atoms with Crippen LogP contribution in [0.15, 0.2) is 48.5 Å². The van der Waals surface area contributed by atoms with Gasteiger partial charge in [0.2, 0.25) is 0 Å². The minimum Gasteiger partial charge on any atom is -0.125 e. The molecule has 1 aliphatic carbocycles. The molecule has 82 valence electrons. The first-order valence-corrected chi connectivity index (χ1v) is 6.26. The van der Waals surface area contributed by atoms with Gasteiger partial charge >= 0.3 is 0 Å². The predicted molar refractivity (Wildman–Crippen MR) is 72.3 cm³/mol. The van der Waals surface area contributed by atoms with Crippen LogP contribution in [0.2, 0.25) is 0 Å². The number of benzene rings is 2. The Hall–Kier alpha value is -0.980. The lowest BCUT2D eigenvalue weighted by Crippen LogP contribution is -1.96. The summed E-state index contributed by atoms with van der Waals surface area (Å²) in [5.74, 6) is 1.11. The Balaban J connectivity index is 0.000000212. The molecule has 2 heteroatoms. The Morgan fingerprint density at radius 3 is 1.00 bits per heavy atom. The summed E-state index contributed by atoms with van der Waals surface area (Å²) in [6, 6.07) is 17.1. The maximum atomic E-state index is 5.05. The number of hydrogen-bond acceptors (Lipinski definition) is 0. The van der Waals surface area contributed by atoms with Crippen LogP contribution in [0.25, 0.3) is 22.3 Å². The summed E-state index contributed by atoms with van der Waals surface area (Å²) >= 11 is 10.1. The van der Waals surface area contributed by atoms with Crippen molar-refractivity contribution in [2.75, 3.05) is 11.8 Å². The summed E-state index contributed by atoms with van der Waals surface area (Å²) in [7, 11) is 0. The minimum absolute atomic E-state index is 0.557. The summed E-state index contributed by atoms with van der Waals surface area (Å²) in [6.45, 7) is 0. The van der Waals surface area contributed by atoms with Crippen molar-refractivity contribution >= 4 is 23.2 Å². The second kappa shape index (κ2) is 5.38. The second-order valence-electron chi connectivity index (χ2n) is 3.47. The van der Waals surface area contributed by atoms with Gasteiger partial charge in [0.05, 0.1) is 0 Å². The van der Waals surface area contributed by atoms with Crippen LogP contribution >= 0.6 is 23.2 Å². The zero-order valence-electron chi connectivity index (χ0n) is 8.79. The number of halogens is 2. The van der Waals surface area contributed by atoms with Crippen LogP contribution in [0.3, 0.4) is 0 Å². The van der Waals surface area contributed by atoms with Gasteiger partial charge in [-0.25, -0.2) is 0 Å². The Morgan fingerprint density at radius 2 is 0.812 bits per heavy atom. The molecule has 0 bridgehead atoms. The Morgan fingerprint density at radius 1 is 0.562 bits per heavy atom. The highest BCUT2D eigenvalue weighted by Gasteiger charge is 2.19. The van der Waals surface area contributed by atoms with Crippen molar-refractivity contribution in [3.63, 3.8) is 0 Å². The van der Waals surface area contributed by atoms with Crippen LogP contribution in [0.4, 0.5) is 0 Å². The largest absolute Gasteiger partial charge is 0.125 e. The quantitative estimate of drug-likeness (QED) is 0.545. The molecular weight excluding hydrogens is 239 g/mol. The summed E-state index contributed by atoms with van der Waals surface area (Å²) in [5, 5.41) is 0. The molecule has 0 aliphatic heterocycles. The van der Waals surface area contributed by atoms with E-state index >= 15 is 0 Å². The summed E-state index contributed by atoms with van der Waals surface area (Å²) in [5.41, 5.74) is 5.59. The molecule has 2 aromatic carbocycles. The van der Waals surface area contributed by atoms with Crippen molar-refractivity contribution in [2.24, 2.45) is 0 Å². The van der Waals surface area contributed by atoms with Crippen molar-refractivity contribution in [2.45, 2.75) is 0 Å². The van der Waals surface area contributed by atoms with E-state index in [1.165, 1.54) is 22.3 Å². The number of alkyl halides is 2. The third-order valence-corrected chi connectivity index (χ3v) is 3.08. The second-order valence-corrected chi connectivity index (χ2v) is 4.23. The van der Waals surface area contributed by atoms with Crippen LogP contribution < -0.4 is 0 Å². The van der Waals surface area contributed by atoms with Gasteiger partial charge < -0.3 is 0 Å². The first-order chi connectivity index (χ1) is 7.88. The van der Waals surface area contributed by atoms with Crippen LogP contribution in [0.5, 0.6) is 0 Å². The van der Waals surface area contributed by atoms with E-state index < -0.39 is 0 Å². The van der Waals surface area contributed by atoms with Gasteiger partial charge in [-0.15, -0.1) is 23.2 Å². The van der Waals surface area contributed by atoms with E-state index in [4.69, 9.17) is 23.2 Å². The zero-order valence-corrected chi connectivity index (χ0v) is 10.3. The molecule has 1 aliphatic rings. The van der Waals surface area contributed by atoms with E-state index in [0.717, 1.165) is 0 Å². The molecule has 0 nitrogen and oxygen atoms in total. The highest BCUT2D eigenvalue weighted by Crippen LogP contribution is 2.46. The topological polar surface area (TPSA) is 0 Å². The van der Waals surface area contributed by atoms with Crippen molar-refractivity contribution in [1.82, 2.24) is 0 Å². The average Bonchev–Trinajstić information content (AvgIpc) is 2.36. The molecule has 3 rings (SSSR count). The van der Waals surface area contributed by atoms with E-state index in [2.05, 4.69) is 48.5 Å². The lowest BCUT2D eigenvalue weighted by atomic mass is 9.81. The Bertz CT molecular complexity index is 376. The minimum atomic E-state index is 0.557. The highest BCUT2D eigenvalue weighted by molar-refractivity contribution is 6.25. The maximum Gasteiger partial charge on any atom is 0.0359 e. The van der Waals surface area contributed by atoms with Gasteiger partial charge in [-0.3, -0.25) is 0 Å². The molecule has 0 radical (unpaired) electrons. The Kier molecular flexibility index (Phi) is 3.87. The molecule has 0 fully saturated rings. The van der Waals surface area contributed by atoms with Gasteiger partial charge in [-0.2, -0.15) is 0 Å². The van der Waals surface area contributed by atoms with Gasteiger partial charge in [0, 0.05) is 11.8 Å². The normalized spacial score (nSPS) is 10.4. The molecule has 0 amide bonds. The molecular formula is C14H12Cl2. The number of hydrogen-bond donors (Lipinski definition) is 0. The standard InChI is InChI=1S/C12H8.C2H4Cl2/c1-2-6-10-9(5-1)11-7-3-4-8-12(10)11;3-1-2-4/h1-8H;1-2H2. The third kappa shape index (κ3) is 2.09. The van der Waals surface area contributed by atoms with Crippen LogP contribution in [0.1, 0.15) is 0 Å². The summed E-state index contributed by atoms with van der Waals surface area (Å²) in [4.78, 5) is 0. The molecule has 0 saturated carbocycles. The van der Waals surface area contributed by atoms with Crippen molar-refractivity contribution < 1.29 is 0 Å². The molecule has 0 spiro atoms. The summed E-state index contributed by atoms with van der Waals surface area (Å²) in [6.07, 6.45) is 0. The van der Waals surface area contributed by atoms with Gasteiger partial charge in [-0.05, 0) is 22.3 Å². The van der Waals surface area contributed by atoms with Gasteiger partial charge in [0.25, 0.3) is 0 Å². The van der Waals surface area contributed by atoms with E-state index in [0.29, 0.717) is 11.8 Å². The summed E-state index contributed by atoms with van der Waals surface area (Å²) < 4.78 is 0. The molecule has 0 aromatic heterocycles.